The van der Waals surface area contributed by atoms with Gasteiger partial charge in [-0.05, 0) is 36.8 Å². The summed E-state index contributed by atoms with van der Waals surface area (Å²) in [5, 5.41) is 8.31. The highest BCUT2D eigenvalue weighted by atomic mass is 32.2. The SMILES string of the molecule is CSc1ccc(CNC(=O)c2cc(=O)nc3sc(N4CCCCCC4)nn23)cc1. The van der Waals surface area contributed by atoms with Crippen molar-refractivity contribution in [2.75, 3.05) is 24.2 Å². The lowest BCUT2D eigenvalue weighted by Gasteiger charge is -2.17. The highest BCUT2D eigenvalue weighted by molar-refractivity contribution is 7.98. The van der Waals surface area contributed by atoms with E-state index in [1.54, 1.807) is 11.8 Å². The van der Waals surface area contributed by atoms with Crippen molar-refractivity contribution in [2.24, 2.45) is 0 Å². The monoisotopic (exact) mass is 429 g/mol. The summed E-state index contributed by atoms with van der Waals surface area (Å²) >= 11 is 3.04. The Morgan fingerprint density at radius 3 is 2.59 bits per heavy atom. The summed E-state index contributed by atoms with van der Waals surface area (Å²) in [5.41, 5.74) is 0.793. The smallest absolute Gasteiger partial charge is 0.274 e. The quantitative estimate of drug-likeness (QED) is 0.628. The van der Waals surface area contributed by atoms with E-state index >= 15 is 0 Å². The second-order valence-electron chi connectivity index (χ2n) is 6.99. The zero-order valence-electron chi connectivity index (χ0n) is 16.3. The van der Waals surface area contributed by atoms with Gasteiger partial charge < -0.3 is 10.2 Å². The molecule has 1 aromatic carbocycles. The fourth-order valence-corrected chi connectivity index (χ4v) is 4.74. The molecule has 9 heteroatoms. The molecule has 2 aromatic heterocycles. The number of nitrogens with one attached hydrogen (secondary N) is 1. The third-order valence-electron chi connectivity index (χ3n) is 4.96. The van der Waals surface area contributed by atoms with Crippen LogP contribution in [-0.4, -0.2) is 39.9 Å². The summed E-state index contributed by atoms with van der Waals surface area (Å²) in [6, 6.07) is 9.27. The first-order valence-corrected chi connectivity index (χ1v) is 11.8. The molecule has 0 aliphatic carbocycles. The average molecular weight is 430 g/mol. The predicted molar refractivity (Wildman–Crippen MR) is 117 cm³/mol. The Balaban J connectivity index is 1.56. The minimum absolute atomic E-state index is 0.220. The van der Waals surface area contributed by atoms with Gasteiger partial charge in [-0.3, -0.25) is 9.59 Å². The molecule has 4 rings (SSSR count). The molecule has 0 bridgehead atoms. The van der Waals surface area contributed by atoms with Crippen LogP contribution in [0.15, 0.2) is 40.0 Å². The number of carbonyl (C=O) groups is 1. The number of fused-ring (bicyclic) bond motifs is 1. The first-order chi connectivity index (χ1) is 14.1. The average Bonchev–Trinajstić information content (AvgIpc) is 2.97. The molecule has 1 N–H and O–H groups in total. The van der Waals surface area contributed by atoms with Crippen LogP contribution in [0, 0.1) is 0 Å². The van der Waals surface area contributed by atoms with E-state index in [1.807, 2.05) is 30.5 Å². The molecule has 3 heterocycles. The van der Waals surface area contributed by atoms with E-state index in [1.165, 1.54) is 39.7 Å². The van der Waals surface area contributed by atoms with Gasteiger partial charge >= 0.3 is 0 Å². The van der Waals surface area contributed by atoms with Gasteiger partial charge in [0.2, 0.25) is 10.1 Å². The van der Waals surface area contributed by atoms with E-state index in [0.717, 1.165) is 36.6 Å². The van der Waals surface area contributed by atoms with Gasteiger partial charge in [-0.15, -0.1) is 16.9 Å². The van der Waals surface area contributed by atoms with E-state index in [9.17, 15) is 9.59 Å². The number of anilines is 1. The van der Waals surface area contributed by atoms with E-state index in [2.05, 4.69) is 20.3 Å². The van der Waals surface area contributed by atoms with E-state index in [0.29, 0.717) is 11.5 Å². The predicted octanol–water partition coefficient (Wildman–Crippen LogP) is 3.18. The van der Waals surface area contributed by atoms with Gasteiger partial charge in [-0.2, -0.15) is 9.50 Å². The number of aromatic nitrogens is 3. The van der Waals surface area contributed by atoms with Gasteiger partial charge in [0.05, 0.1) is 0 Å². The van der Waals surface area contributed by atoms with Gasteiger partial charge in [-0.25, -0.2) is 0 Å². The van der Waals surface area contributed by atoms with Crippen molar-refractivity contribution < 1.29 is 4.79 Å². The Labute approximate surface area is 177 Å². The zero-order chi connectivity index (χ0) is 20.2. The van der Waals surface area contributed by atoms with Crippen LogP contribution in [0.3, 0.4) is 0 Å². The van der Waals surface area contributed by atoms with Crippen LogP contribution in [0.5, 0.6) is 0 Å². The fraction of sp³-hybridized carbons (Fsp3) is 0.400. The fourth-order valence-electron chi connectivity index (χ4n) is 3.37. The minimum atomic E-state index is -0.425. The molecular weight excluding hydrogens is 406 g/mol. The molecule has 1 saturated heterocycles. The highest BCUT2D eigenvalue weighted by Crippen LogP contribution is 2.25. The largest absolute Gasteiger partial charge is 0.347 e. The summed E-state index contributed by atoms with van der Waals surface area (Å²) in [7, 11) is 0. The summed E-state index contributed by atoms with van der Waals surface area (Å²) in [6.45, 7) is 2.27. The Morgan fingerprint density at radius 2 is 1.90 bits per heavy atom. The first-order valence-electron chi connectivity index (χ1n) is 9.71. The number of thioether (sulfide) groups is 1. The molecule has 1 fully saturated rings. The maximum Gasteiger partial charge on any atom is 0.274 e. The molecule has 1 amide bonds. The Bertz CT molecular complexity index is 1050. The summed E-state index contributed by atoms with van der Waals surface area (Å²) in [5.74, 6) is -0.332. The van der Waals surface area contributed by atoms with E-state index < -0.39 is 5.56 Å². The second kappa shape index (κ2) is 8.96. The second-order valence-corrected chi connectivity index (χ2v) is 8.80. The number of rotatable bonds is 5. The molecule has 7 nitrogen and oxygen atoms in total. The van der Waals surface area contributed by atoms with Gasteiger partial charge in [-0.1, -0.05) is 36.3 Å². The summed E-state index contributed by atoms with van der Waals surface area (Å²) in [4.78, 5) is 32.7. The van der Waals surface area contributed by atoms with Crippen molar-refractivity contribution in [3.63, 3.8) is 0 Å². The molecule has 1 aliphatic heterocycles. The van der Waals surface area contributed by atoms with Gasteiger partial charge in [0.15, 0.2) is 0 Å². The lowest BCUT2D eigenvalue weighted by Crippen LogP contribution is -2.28. The van der Waals surface area contributed by atoms with Crippen molar-refractivity contribution in [1.29, 1.82) is 0 Å². The molecule has 3 aromatic rings. The van der Waals surface area contributed by atoms with Crippen LogP contribution in [0.25, 0.3) is 4.96 Å². The van der Waals surface area contributed by atoms with Crippen molar-refractivity contribution in [1.82, 2.24) is 19.9 Å². The molecule has 152 valence electrons. The van der Waals surface area contributed by atoms with Gasteiger partial charge in [0, 0.05) is 30.6 Å². The molecule has 0 saturated carbocycles. The van der Waals surface area contributed by atoms with Crippen LogP contribution < -0.4 is 15.8 Å². The van der Waals surface area contributed by atoms with Gasteiger partial charge in [0.25, 0.3) is 11.5 Å². The minimum Gasteiger partial charge on any atom is -0.347 e. The topological polar surface area (TPSA) is 79.6 Å². The lowest BCUT2D eigenvalue weighted by molar-refractivity contribution is 0.0943. The van der Waals surface area contributed by atoms with Crippen LogP contribution in [0.1, 0.15) is 41.7 Å². The maximum atomic E-state index is 12.8. The van der Waals surface area contributed by atoms with Crippen LogP contribution in [0.4, 0.5) is 5.13 Å². The Kier molecular flexibility index (Phi) is 6.15. The normalized spacial score (nSPS) is 14.7. The van der Waals surface area contributed by atoms with E-state index in [-0.39, 0.29) is 11.6 Å². The van der Waals surface area contributed by atoms with Crippen LogP contribution in [-0.2, 0) is 6.54 Å². The molecule has 0 radical (unpaired) electrons. The van der Waals surface area contributed by atoms with Crippen molar-refractivity contribution in [3.8, 4) is 0 Å². The molecule has 29 heavy (non-hydrogen) atoms. The van der Waals surface area contributed by atoms with Crippen molar-refractivity contribution in [2.45, 2.75) is 37.1 Å². The standard InChI is InChI=1S/C20H23N5O2S2/c1-28-15-8-6-14(7-9-15)13-21-18(27)16-12-17(26)22-19-25(16)23-20(29-19)24-10-4-2-3-5-11-24/h6-9,12H,2-5,10-11,13H2,1H3,(H,21,27). The number of amides is 1. The van der Waals surface area contributed by atoms with Crippen molar-refractivity contribution in [3.05, 3.63) is 51.9 Å². The third kappa shape index (κ3) is 4.62. The van der Waals surface area contributed by atoms with Gasteiger partial charge in [0.1, 0.15) is 5.69 Å². The third-order valence-corrected chi connectivity index (χ3v) is 6.68. The number of hydrogen-bond donors (Lipinski definition) is 1. The van der Waals surface area contributed by atoms with Crippen molar-refractivity contribution >= 4 is 39.1 Å². The number of nitrogens with zero attached hydrogens (tertiary/aromatic N) is 4. The summed E-state index contributed by atoms with van der Waals surface area (Å²) in [6.07, 6.45) is 6.73. The lowest BCUT2D eigenvalue weighted by atomic mass is 10.2. The molecule has 0 unspecified atom stereocenters. The Morgan fingerprint density at radius 1 is 1.17 bits per heavy atom. The Hall–Kier alpha value is -2.39. The first kappa shape index (κ1) is 19.9. The molecule has 0 atom stereocenters. The number of carbonyl (C=O) groups excluding carboxylic acids is 1. The van der Waals surface area contributed by atoms with Crippen LogP contribution in [0.2, 0.25) is 0 Å². The number of hydrogen-bond acceptors (Lipinski definition) is 7. The van der Waals surface area contributed by atoms with Crippen LogP contribution >= 0.6 is 23.1 Å². The molecule has 0 spiro atoms. The highest BCUT2D eigenvalue weighted by Gasteiger charge is 2.19. The molecule has 1 aliphatic rings. The molecular formula is C20H23N5O2S2. The zero-order valence-corrected chi connectivity index (χ0v) is 17.9. The maximum absolute atomic E-state index is 12.8. The number of benzene rings is 1. The summed E-state index contributed by atoms with van der Waals surface area (Å²) < 4.78 is 1.50. The van der Waals surface area contributed by atoms with E-state index in [4.69, 9.17) is 0 Å².